The molecule has 0 aromatic heterocycles. The van der Waals surface area contributed by atoms with Crippen molar-refractivity contribution in [1.82, 2.24) is 10.2 Å². The summed E-state index contributed by atoms with van der Waals surface area (Å²) in [4.78, 5) is 36.8. The monoisotopic (exact) mass is 282 g/mol. The third-order valence-electron chi connectivity index (χ3n) is 3.81. The number of fused-ring (bicyclic) bond motifs is 1. The molecule has 20 heavy (non-hydrogen) atoms. The Hall–Kier alpha value is -1.43. The van der Waals surface area contributed by atoms with Crippen LogP contribution in [0.4, 0.5) is 0 Å². The number of ether oxygens (including phenoxy) is 1. The van der Waals surface area contributed by atoms with Gasteiger partial charge in [0, 0.05) is 6.54 Å². The third-order valence-corrected chi connectivity index (χ3v) is 3.81. The maximum absolute atomic E-state index is 11.8. The van der Waals surface area contributed by atoms with Crippen molar-refractivity contribution in [2.45, 2.75) is 39.2 Å². The Balaban J connectivity index is 1.86. The van der Waals surface area contributed by atoms with Crippen molar-refractivity contribution >= 4 is 17.8 Å². The molecule has 112 valence electrons. The van der Waals surface area contributed by atoms with Gasteiger partial charge in [-0.1, -0.05) is 6.92 Å². The third kappa shape index (κ3) is 3.00. The zero-order valence-corrected chi connectivity index (χ0v) is 12.1. The van der Waals surface area contributed by atoms with Gasteiger partial charge in [0.15, 0.2) is 0 Å². The Bertz CT molecular complexity index is 390. The van der Waals surface area contributed by atoms with Gasteiger partial charge in [-0.05, 0) is 32.7 Å². The zero-order valence-electron chi connectivity index (χ0n) is 12.1. The van der Waals surface area contributed by atoms with E-state index in [1.165, 1.54) is 4.90 Å². The van der Waals surface area contributed by atoms with Crippen LogP contribution < -0.4 is 5.32 Å². The van der Waals surface area contributed by atoms with Crippen LogP contribution >= 0.6 is 0 Å². The second-order valence-corrected chi connectivity index (χ2v) is 5.32. The van der Waals surface area contributed by atoms with Gasteiger partial charge in [-0.15, -0.1) is 0 Å². The van der Waals surface area contributed by atoms with Gasteiger partial charge in [0.2, 0.25) is 11.8 Å². The minimum absolute atomic E-state index is 0.0712. The molecule has 2 rings (SSSR count). The molecule has 2 aliphatic rings. The highest BCUT2D eigenvalue weighted by atomic mass is 16.5. The number of imide groups is 1. The smallest absolute Gasteiger partial charge is 0.323 e. The number of esters is 1. The number of nitrogens with one attached hydrogen (secondary N) is 1. The summed E-state index contributed by atoms with van der Waals surface area (Å²) in [6.45, 7) is 5.10. The first kappa shape index (κ1) is 15.0. The Labute approximate surface area is 118 Å². The zero-order chi connectivity index (χ0) is 14.7. The highest BCUT2D eigenvalue weighted by Crippen LogP contribution is 2.46. The molecular weight excluding hydrogens is 260 g/mol. The summed E-state index contributed by atoms with van der Waals surface area (Å²) < 4.78 is 5.01. The number of carbonyl (C=O) groups is 3. The lowest BCUT2D eigenvalue weighted by molar-refractivity contribution is -0.148. The summed E-state index contributed by atoms with van der Waals surface area (Å²) in [6.07, 6.45) is 2.03. The van der Waals surface area contributed by atoms with Crippen LogP contribution in [-0.4, -0.2) is 48.4 Å². The number of piperidine rings is 1. The summed E-state index contributed by atoms with van der Waals surface area (Å²) >= 11 is 0. The summed E-state index contributed by atoms with van der Waals surface area (Å²) in [6, 6.07) is -0.451. The number of nitrogens with zero attached hydrogens (tertiary/aromatic N) is 1. The molecular formula is C14H22N2O4. The predicted octanol–water partition coefficient (Wildman–Crippen LogP) is 0.313. The van der Waals surface area contributed by atoms with E-state index < -0.39 is 6.04 Å². The molecule has 0 spiro atoms. The van der Waals surface area contributed by atoms with E-state index >= 15 is 0 Å². The molecule has 2 fully saturated rings. The molecule has 0 aromatic carbocycles. The highest BCUT2D eigenvalue weighted by Gasteiger charge is 2.58. The van der Waals surface area contributed by atoms with E-state index in [0.717, 1.165) is 6.42 Å². The van der Waals surface area contributed by atoms with Crippen LogP contribution in [0.25, 0.3) is 0 Å². The fourth-order valence-electron chi connectivity index (χ4n) is 2.59. The van der Waals surface area contributed by atoms with Crippen LogP contribution in [0.5, 0.6) is 0 Å². The Morgan fingerprint density at radius 3 is 2.55 bits per heavy atom. The van der Waals surface area contributed by atoms with Gasteiger partial charge >= 0.3 is 5.97 Å². The van der Waals surface area contributed by atoms with Crippen molar-refractivity contribution in [3.63, 3.8) is 0 Å². The minimum Gasteiger partial charge on any atom is -0.465 e. The van der Waals surface area contributed by atoms with Crippen molar-refractivity contribution in [2.75, 3.05) is 19.7 Å². The number of rotatable bonds is 8. The summed E-state index contributed by atoms with van der Waals surface area (Å²) in [5.74, 6) is -0.610. The molecule has 2 amide bonds. The lowest BCUT2D eigenvalue weighted by atomic mass is 10.2. The molecule has 1 N–H and O–H groups in total. The summed E-state index contributed by atoms with van der Waals surface area (Å²) in [5, 5.41) is 3.11. The summed E-state index contributed by atoms with van der Waals surface area (Å²) in [5.41, 5.74) is 0. The molecule has 1 aliphatic heterocycles. The fourth-order valence-corrected chi connectivity index (χ4v) is 2.59. The van der Waals surface area contributed by atoms with Gasteiger partial charge in [-0.3, -0.25) is 19.3 Å². The molecule has 6 heteroatoms. The van der Waals surface area contributed by atoms with Crippen LogP contribution in [0.1, 0.15) is 33.1 Å². The number of hydrogen-bond donors (Lipinski definition) is 1. The molecule has 1 saturated carbocycles. The minimum atomic E-state index is -0.451. The average molecular weight is 282 g/mol. The van der Waals surface area contributed by atoms with E-state index in [1.54, 1.807) is 6.92 Å². The number of hydrogen-bond acceptors (Lipinski definition) is 5. The van der Waals surface area contributed by atoms with Gasteiger partial charge in [-0.2, -0.15) is 0 Å². The first-order valence-electron chi connectivity index (χ1n) is 7.35. The topological polar surface area (TPSA) is 75.7 Å². The number of likely N-dealkylation sites (tertiary alicyclic amines) is 1. The van der Waals surface area contributed by atoms with E-state index in [4.69, 9.17) is 4.74 Å². The Morgan fingerprint density at radius 1 is 1.35 bits per heavy atom. The van der Waals surface area contributed by atoms with Crippen LogP contribution in [0.2, 0.25) is 0 Å². The van der Waals surface area contributed by atoms with Crippen molar-refractivity contribution in [2.24, 2.45) is 11.8 Å². The molecule has 3 unspecified atom stereocenters. The molecule has 1 aliphatic carbocycles. The van der Waals surface area contributed by atoms with Crippen LogP contribution in [0.15, 0.2) is 0 Å². The standard InChI is InChI=1S/C14H22N2O4/c1-3-6-15-11(14(19)20-4-2)5-7-16-12(17)9-8-10(9)13(16)18/h9-11,15H,3-8H2,1-2H3. The van der Waals surface area contributed by atoms with E-state index in [2.05, 4.69) is 5.32 Å². The molecule has 0 aromatic rings. The maximum Gasteiger partial charge on any atom is 0.323 e. The predicted molar refractivity (Wildman–Crippen MR) is 71.6 cm³/mol. The first-order valence-corrected chi connectivity index (χ1v) is 7.35. The molecule has 0 bridgehead atoms. The normalized spacial score (nSPS) is 25.6. The number of amides is 2. The molecule has 3 atom stereocenters. The molecule has 1 heterocycles. The quantitative estimate of drug-likeness (QED) is 0.512. The average Bonchev–Trinajstić information content (AvgIpc) is 3.17. The lowest BCUT2D eigenvalue weighted by Gasteiger charge is -2.21. The van der Waals surface area contributed by atoms with E-state index in [9.17, 15) is 14.4 Å². The van der Waals surface area contributed by atoms with Crippen LogP contribution in [-0.2, 0) is 19.1 Å². The van der Waals surface area contributed by atoms with Gasteiger partial charge in [0.1, 0.15) is 6.04 Å². The van der Waals surface area contributed by atoms with Crippen LogP contribution in [0.3, 0.4) is 0 Å². The van der Waals surface area contributed by atoms with Crippen molar-refractivity contribution in [1.29, 1.82) is 0 Å². The van der Waals surface area contributed by atoms with Gasteiger partial charge in [0.25, 0.3) is 0 Å². The van der Waals surface area contributed by atoms with Crippen molar-refractivity contribution in [3.8, 4) is 0 Å². The largest absolute Gasteiger partial charge is 0.465 e. The van der Waals surface area contributed by atoms with Gasteiger partial charge in [-0.25, -0.2) is 0 Å². The maximum atomic E-state index is 11.8. The summed E-state index contributed by atoms with van der Waals surface area (Å²) in [7, 11) is 0. The Kier molecular flexibility index (Phi) is 4.75. The van der Waals surface area contributed by atoms with E-state index in [1.807, 2.05) is 6.92 Å². The second-order valence-electron chi connectivity index (χ2n) is 5.32. The van der Waals surface area contributed by atoms with Crippen molar-refractivity contribution in [3.05, 3.63) is 0 Å². The van der Waals surface area contributed by atoms with Crippen molar-refractivity contribution < 1.29 is 19.1 Å². The first-order chi connectivity index (χ1) is 9.60. The number of carbonyl (C=O) groups excluding carboxylic acids is 3. The highest BCUT2D eigenvalue weighted by molar-refractivity contribution is 6.08. The lowest BCUT2D eigenvalue weighted by Crippen LogP contribution is -2.43. The molecule has 0 radical (unpaired) electrons. The second kappa shape index (κ2) is 6.35. The molecule has 1 saturated heterocycles. The fraction of sp³-hybridized carbons (Fsp3) is 0.786. The van der Waals surface area contributed by atoms with Crippen LogP contribution in [0, 0.1) is 11.8 Å². The van der Waals surface area contributed by atoms with Gasteiger partial charge < -0.3 is 10.1 Å². The van der Waals surface area contributed by atoms with Gasteiger partial charge in [0.05, 0.1) is 18.4 Å². The van der Waals surface area contributed by atoms with E-state index in [0.29, 0.717) is 32.5 Å². The molecule has 6 nitrogen and oxygen atoms in total. The van der Waals surface area contributed by atoms with E-state index in [-0.39, 0.29) is 29.6 Å². The Morgan fingerprint density at radius 2 is 2.00 bits per heavy atom. The SMILES string of the molecule is CCCNC(CCN1C(=O)C2CC2C1=O)C(=O)OCC.